The van der Waals surface area contributed by atoms with Gasteiger partial charge in [-0.2, -0.15) is 13.2 Å². The number of hydrogen-bond acceptors (Lipinski definition) is 7. The van der Waals surface area contributed by atoms with E-state index in [1.54, 1.807) is 0 Å². The van der Waals surface area contributed by atoms with E-state index in [1.165, 1.54) is 48.6 Å². The van der Waals surface area contributed by atoms with Gasteiger partial charge in [-0.05, 0) is 61.0 Å². The summed E-state index contributed by atoms with van der Waals surface area (Å²) in [5.41, 5.74) is 11.7. The number of halogens is 5. The van der Waals surface area contributed by atoms with Gasteiger partial charge in [-0.15, -0.1) is 0 Å². The SMILES string of the molecule is N/C(=C\C=C(/N)NC(=O)c1ccc(Oc2cc3c(cc2Cl)C(C(=O)[O-])CCO3)cc1)c1ccc(C(F)(F)F)cc1Cl.[Na+]. The zero-order chi connectivity index (χ0) is 29.9. The fraction of sp³-hybridized carbons (Fsp3) is 0.143. The molecule has 1 amide bonds. The minimum Gasteiger partial charge on any atom is -0.549 e. The molecular weight excluding hydrogens is 609 g/mol. The van der Waals surface area contributed by atoms with Gasteiger partial charge in [-0.1, -0.05) is 29.3 Å². The summed E-state index contributed by atoms with van der Waals surface area (Å²) in [6.45, 7) is 0.208. The normalized spacial score (nSPS) is 15.1. The van der Waals surface area contributed by atoms with E-state index in [4.69, 9.17) is 44.1 Å². The molecule has 5 N–H and O–H groups in total. The molecule has 4 rings (SSSR count). The first-order chi connectivity index (χ1) is 19.3. The second-order valence-electron chi connectivity index (χ2n) is 8.85. The average Bonchev–Trinajstić information content (AvgIpc) is 2.91. The minimum absolute atomic E-state index is 0. The third kappa shape index (κ3) is 7.93. The first-order valence-electron chi connectivity index (χ1n) is 11.9. The van der Waals surface area contributed by atoms with E-state index in [0.717, 1.165) is 18.2 Å². The summed E-state index contributed by atoms with van der Waals surface area (Å²) in [4.78, 5) is 24.0. The van der Waals surface area contributed by atoms with Crippen LogP contribution < -0.4 is 60.9 Å². The Labute approximate surface area is 270 Å². The number of carbonyl (C=O) groups is 2. The molecule has 0 bridgehead atoms. The molecule has 0 radical (unpaired) electrons. The van der Waals surface area contributed by atoms with Gasteiger partial charge in [0.05, 0.1) is 22.2 Å². The molecule has 1 heterocycles. The van der Waals surface area contributed by atoms with Crippen LogP contribution in [0.1, 0.15) is 39.4 Å². The quantitative estimate of drug-likeness (QED) is 0.268. The summed E-state index contributed by atoms with van der Waals surface area (Å²) in [5.74, 6) is -1.80. The van der Waals surface area contributed by atoms with Crippen molar-refractivity contribution in [2.24, 2.45) is 11.5 Å². The molecule has 0 aromatic heterocycles. The van der Waals surface area contributed by atoms with Gasteiger partial charge in [0.1, 0.15) is 23.1 Å². The number of rotatable bonds is 7. The van der Waals surface area contributed by atoms with E-state index in [9.17, 15) is 27.9 Å². The molecule has 1 aliphatic heterocycles. The number of carboxylic acid groups (broad SMARTS) is 1. The Kier molecular flexibility index (Phi) is 10.9. The number of nitrogens with one attached hydrogen (secondary N) is 1. The molecular formula is C28H21Cl2F3N3NaO5. The van der Waals surface area contributed by atoms with Gasteiger partial charge in [0.2, 0.25) is 0 Å². The van der Waals surface area contributed by atoms with Gasteiger partial charge in [0.15, 0.2) is 0 Å². The van der Waals surface area contributed by atoms with Crippen LogP contribution in [0, 0.1) is 0 Å². The molecule has 8 nitrogen and oxygen atoms in total. The summed E-state index contributed by atoms with van der Waals surface area (Å²) in [5, 5.41) is 13.8. The van der Waals surface area contributed by atoms with Crippen LogP contribution in [0.4, 0.5) is 13.2 Å². The number of ether oxygens (including phenoxy) is 2. The second-order valence-corrected chi connectivity index (χ2v) is 9.66. The van der Waals surface area contributed by atoms with E-state index in [-0.39, 0.29) is 81.0 Å². The van der Waals surface area contributed by atoms with Crippen molar-refractivity contribution in [1.82, 2.24) is 5.32 Å². The molecule has 1 unspecified atom stereocenters. The number of allylic oxidation sites excluding steroid dienone is 2. The van der Waals surface area contributed by atoms with Crippen molar-refractivity contribution in [3.63, 3.8) is 0 Å². The third-order valence-electron chi connectivity index (χ3n) is 6.04. The monoisotopic (exact) mass is 629 g/mol. The largest absolute Gasteiger partial charge is 1.00 e. The first kappa shape index (κ1) is 33.2. The van der Waals surface area contributed by atoms with Gasteiger partial charge >= 0.3 is 35.7 Å². The van der Waals surface area contributed by atoms with Crippen molar-refractivity contribution in [2.45, 2.75) is 18.5 Å². The number of hydrogen-bond donors (Lipinski definition) is 3. The molecule has 0 spiro atoms. The number of benzene rings is 3. The molecule has 1 atom stereocenters. The van der Waals surface area contributed by atoms with Crippen LogP contribution >= 0.6 is 23.2 Å². The molecule has 3 aromatic carbocycles. The predicted molar refractivity (Wildman–Crippen MR) is 144 cm³/mol. The molecule has 14 heteroatoms. The molecule has 0 fully saturated rings. The first-order valence-corrected chi connectivity index (χ1v) is 12.7. The Bertz CT molecular complexity index is 1560. The van der Waals surface area contributed by atoms with Crippen LogP contribution in [-0.4, -0.2) is 18.5 Å². The summed E-state index contributed by atoms with van der Waals surface area (Å²) in [7, 11) is 0. The van der Waals surface area contributed by atoms with Gasteiger partial charge in [-0.3, -0.25) is 4.79 Å². The van der Waals surface area contributed by atoms with Crippen molar-refractivity contribution in [1.29, 1.82) is 0 Å². The summed E-state index contributed by atoms with van der Waals surface area (Å²) in [6, 6.07) is 11.7. The zero-order valence-electron chi connectivity index (χ0n) is 21.9. The van der Waals surface area contributed by atoms with Crippen LogP contribution in [-0.2, 0) is 11.0 Å². The van der Waals surface area contributed by atoms with E-state index >= 15 is 0 Å². The third-order valence-corrected chi connectivity index (χ3v) is 6.65. The van der Waals surface area contributed by atoms with E-state index in [0.29, 0.717) is 17.1 Å². The number of carbonyl (C=O) groups excluding carboxylic acids is 2. The Balaban J connectivity index is 0.00000484. The van der Waals surface area contributed by atoms with Gasteiger partial charge < -0.3 is 36.2 Å². The van der Waals surface area contributed by atoms with Crippen LogP contribution in [0.3, 0.4) is 0 Å². The van der Waals surface area contributed by atoms with Crippen LogP contribution in [0.5, 0.6) is 17.2 Å². The van der Waals surface area contributed by atoms with Crippen LogP contribution in [0.25, 0.3) is 5.70 Å². The van der Waals surface area contributed by atoms with Crippen molar-refractivity contribution < 1.29 is 66.9 Å². The fourth-order valence-electron chi connectivity index (χ4n) is 3.95. The van der Waals surface area contributed by atoms with E-state index < -0.39 is 29.5 Å². The topological polar surface area (TPSA) is 140 Å². The summed E-state index contributed by atoms with van der Waals surface area (Å²) in [6.07, 6.45) is -1.72. The molecule has 214 valence electrons. The van der Waals surface area contributed by atoms with Crippen molar-refractivity contribution in [3.8, 4) is 17.2 Å². The molecule has 0 aliphatic carbocycles. The number of aliphatic carboxylic acids is 1. The number of carboxylic acids is 1. The molecule has 3 aromatic rings. The molecule has 42 heavy (non-hydrogen) atoms. The second kappa shape index (κ2) is 13.7. The molecule has 0 saturated heterocycles. The Morgan fingerprint density at radius 1 is 1.02 bits per heavy atom. The Hall–Kier alpha value is -3.35. The fourth-order valence-corrected chi connectivity index (χ4v) is 4.45. The summed E-state index contributed by atoms with van der Waals surface area (Å²) >= 11 is 12.2. The van der Waals surface area contributed by atoms with Gasteiger partial charge in [0.25, 0.3) is 5.91 Å². The molecule has 1 aliphatic rings. The number of alkyl halides is 3. The maximum absolute atomic E-state index is 12.8. The van der Waals surface area contributed by atoms with Crippen molar-refractivity contribution >= 4 is 40.8 Å². The Morgan fingerprint density at radius 2 is 1.71 bits per heavy atom. The Morgan fingerprint density at radius 3 is 2.33 bits per heavy atom. The zero-order valence-corrected chi connectivity index (χ0v) is 25.4. The number of amides is 1. The van der Waals surface area contributed by atoms with Crippen molar-refractivity contribution in [2.75, 3.05) is 6.61 Å². The van der Waals surface area contributed by atoms with E-state index in [1.807, 2.05) is 0 Å². The number of nitrogens with two attached hydrogens (primary N) is 2. The van der Waals surface area contributed by atoms with Gasteiger partial charge in [-0.25, -0.2) is 0 Å². The molecule has 0 saturated carbocycles. The van der Waals surface area contributed by atoms with Crippen LogP contribution in [0.15, 0.2) is 72.6 Å². The van der Waals surface area contributed by atoms with Gasteiger partial charge in [0, 0.05) is 40.3 Å². The minimum atomic E-state index is -4.55. The number of fused-ring (bicyclic) bond motifs is 1. The summed E-state index contributed by atoms with van der Waals surface area (Å²) < 4.78 is 49.8. The van der Waals surface area contributed by atoms with Crippen LogP contribution in [0.2, 0.25) is 10.0 Å². The maximum atomic E-state index is 12.8. The van der Waals surface area contributed by atoms with Crippen molar-refractivity contribution in [3.05, 3.63) is 105 Å². The average molecular weight is 630 g/mol. The predicted octanol–water partition coefficient (Wildman–Crippen LogP) is 1.95. The smallest absolute Gasteiger partial charge is 0.549 e. The standard InChI is InChI=1S/C28H22Cl2F3N3O5.Na/c29-20-11-15(28(31,32)33)3-6-18(20)22(34)7-8-25(35)36-26(37)14-1-4-16(5-2-14)41-24-13-23-19(12-21(24)30)17(27(38)39)9-10-40-23;/h1-8,11-13,17H,9-10,34-35H2,(H,36,37)(H,38,39);/q;+1/p-1/b22-7-,25-8+;. The maximum Gasteiger partial charge on any atom is 1.00 e. The van der Waals surface area contributed by atoms with E-state index in [2.05, 4.69) is 5.32 Å².